The van der Waals surface area contributed by atoms with Gasteiger partial charge in [0.2, 0.25) is 0 Å². The number of thiazole rings is 1. The fourth-order valence-electron chi connectivity index (χ4n) is 2.79. The van der Waals surface area contributed by atoms with E-state index in [1.165, 1.54) is 0 Å². The molecule has 0 radical (unpaired) electrons. The Kier molecular flexibility index (Phi) is 6.51. The molecule has 1 aromatic heterocycles. The molecule has 0 aliphatic rings. The van der Waals surface area contributed by atoms with Crippen molar-refractivity contribution in [3.8, 4) is 11.5 Å². The summed E-state index contributed by atoms with van der Waals surface area (Å²) in [7, 11) is 0. The van der Waals surface area contributed by atoms with Crippen LogP contribution in [0, 0.1) is 6.57 Å². The van der Waals surface area contributed by atoms with Crippen LogP contribution in [-0.2, 0) is 0 Å². The predicted octanol–water partition coefficient (Wildman–Crippen LogP) is 6.08. The first-order chi connectivity index (χ1) is 13.6. The fourth-order valence-corrected chi connectivity index (χ4v) is 3.50. The highest BCUT2D eigenvalue weighted by atomic mass is 32.1. The summed E-state index contributed by atoms with van der Waals surface area (Å²) in [5.41, 5.74) is 2.57. The number of nitrogens with zero attached hydrogens (tertiary/aromatic N) is 2. The Morgan fingerprint density at radius 1 is 1.14 bits per heavy atom. The lowest BCUT2D eigenvalue weighted by Gasteiger charge is -2.21. The summed E-state index contributed by atoms with van der Waals surface area (Å²) in [5, 5.41) is 6.44. The van der Waals surface area contributed by atoms with Crippen molar-refractivity contribution in [2.75, 3.05) is 11.9 Å². The molecule has 1 unspecified atom stereocenters. The third-order valence-electron chi connectivity index (χ3n) is 3.97. The molecule has 0 saturated heterocycles. The average molecular weight is 394 g/mol. The van der Waals surface area contributed by atoms with Crippen LogP contribution in [0.1, 0.15) is 37.4 Å². The van der Waals surface area contributed by atoms with E-state index in [1.54, 1.807) is 29.7 Å². The number of benzene rings is 2. The molecule has 2 aromatic carbocycles. The minimum Gasteiger partial charge on any atom is -0.490 e. The van der Waals surface area contributed by atoms with Crippen LogP contribution < -0.4 is 14.8 Å². The third-order valence-corrected chi connectivity index (χ3v) is 4.81. The average Bonchev–Trinajstić information content (AvgIpc) is 3.22. The van der Waals surface area contributed by atoms with Crippen molar-refractivity contribution in [1.29, 1.82) is 0 Å². The Labute approximate surface area is 169 Å². The second-order valence-corrected chi connectivity index (χ2v) is 7.34. The van der Waals surface area contributed by atoms with E-state index in [4.69, 9.17) is 16.0 Å². The van der Waals surface area contributed by atoms with Gasteiger partial charge in [-0.3, -0.25) is 0 Å². The van der Waals surface area contributed by atoms with E-state index in [0.29, 0.717) is 12.3 Å². The SMILES string of the molecule is [C-]#[N+]c1ccc(NC(c2ccc(OC(C)C)c(OCC)c2)c2nccs2)cc1. The van der Waals surface area contributed by atoms with Gasteiger partial charge in [0.15, 0.2) is 17.2 Å². The number of aromatic nitrogens is 1. The lowest BCUT2D eigenvalue weighted by molar-refractivity contribution is 0.223. The monoisotopic (exact) mass is 393 g/mol. The zero-order chi connectivity index (χ0) is 19.9. The van der Waals surface area contributed by atoms with Gasteiger partial charge in [-0.15, -0.1) is 11.3 Å². The van der Waals surface area contributed by atoms with Crippen molar-refractivity contribution in [3.63, 3.8) is 0 Å². The predicted molar refractivity (Wildman–Crippen MR) is 114 cm³/mol. The molecule has 1 atom stereocenters. The maximum Gasteiger partial charge on any atom is 0.187 e. The first kappa shape index (κ1) is 19.7. The van der Waals surface area contributed by atoms with E-state index in [2.05, 4.69) is 15.1 Å². The number of rotatable bonds is 8. The minimum absolute atomic E-state index is 0.0684. The fraction of sp³-hybridized carbons (Fsp3) is 0.273. The molecular formula is C22H23N3O2S. The maximum atomic E-state index is 7.11. The van der Waals surface area contributed by atoms with Crippen LogP contribution in [-0.4, -0.2) is 17.7 Å². The van der Waals surface area contributed by atoms with Gasteiger partial charge in [0.1, 0.15) is 11.0 Å². The van der Waals surface area contributed by atoms with Crippen LogP contribution in [0.5, 0.6) is 11.5 Å². The molecule has 0 fully saturated rings. The molecule has 0 spiro atoms. The van der Waals surface area contributed by atoms with Gasteiger partial charge in [0.05, 0.1) is 19.3 Å². The van der Waals surface area contributed by atoms with E-state index in [-0.39, 0.29) is 12.1 Å². The lowest BCUT2D eigenvalue weighted by atomic mass is 10.1. The van der Waals surface area contributed by atoms with Crippen molar-refractivity contribution >= 4 is 22.7 Å². The van der Waals surface area contributed by atoms with Crippen LogP contribution in [0.15, 0.2) is 54.0 Å². The minimum atomic E-state index is -0.133. The second-order valence-electron chi connectivity index (χ2n) is 6.41. The van der Waals surface area contributed by atoms with E-state index < -0.39 is 0 Å². The Morgan fingerprint density at radius 3 is 2.54 bits per heavy atom. The molecule has 28 heavy (non-hydrogen) atoms. The Bertz CT molecular complexity index is 931. The first-order valence-corrected chi connectivity index (χ1v) is 10.1. The normalized spacial score (nSPS) is 11.7. The zero-order valence-corrected chi connectivity index (χ0v) is 17.0. The van der Waals surface area contributed by atoms with E-state index in [9.17, 15) is 0 Å². The van der Waals surface area contributed by atoms with Crippen molar-refractivity contribution < 1.29 is 9.47 Å². The third kappa shape index (κ3) is 4.81. The standard InChI is InChI=1S/C22H23N3O2S/c1-5-26-20-14-16(6-11-19(20)27-15(2)3)21(22-24-12-13-28-22)25-18-9-7-17(23-4)8-10-18/h6-15,21,25H,5H2,1-3H3. The Morgan fingerprint density at radius 2 is 1.93 bits per heavy atom. The number of ether oxygens (including phenoxy) is 2. The van der Waals surface area contributed by atoms with Crippen LogP contribution in [0.25, 0.3) is 4.85 Å². The molecule has 0 saturated carbocycles. The molecule has 0 bridgehead atoms. The Balaban J connectivity index is 1.96. The summed E-state index contributed by atoms with van der Waals surface area (Å²) in [4.78, 5) is 7.95. The molecule has 0 aliphatic heterocycles. The molecule has 0 aliphatic carbocycles. The van der Waals surface area contributed by atoms with Crippen LogP contribution in [0.4, 0.5) is 11.4 Å². The van der Waals surface area contributed by atoms with E-state index in [1.807, 2.05) is 56.5 Å². The van der Waals surface area contributed by atoms with Gasteiger partial charge in [-0.1, -0.05) is 18.2 Å². The van der Waals surface area contributed by atoms with Crippen molar-refractivity contribution in [1.82, 2.24) is 4.98 Å². The van der Waals surface area contributed by atoms with Crippen molar-refractivity contribution in [3.05, 3.63) is 76.0 Å². The van der Waals surface area contributed by atoms with Gasteiger partial charge in [-0.2, -0.15) is 0 Å². The first-order valence-electron chi connectivity index (χ1n) is 9.17. The van der Waals surface area contributed by atoms with Crippen LogP contribution in [0.2, 0.25) is 0 Å². The van der Waals surface area contributed by atoms with Gasteiger partial charge >= 0.3 is 0 Å². The van der Waals surface area contributed by atoms with Crippen molar-refractivity contribution in [2.45, 2.75) is 32.9 Å². The maximum absolute atomic E-state index is 7.11. The molecule has 3 aromatic rings. The summed E-state index contributed by atoms with van der Waals surface area (Å²) >= 11 is 1.59. The quantitative estimate of drug-likeness (QED) is 0.471. The molecule has 3 rings (SSSR count). The molecular weight excluding hydrogens is 370 g/mol. The molecule has 5 nitrogen and oxygen atoms in total. The summed E-state index contributed by atoms with van der Waals surface area (Å²) in [6.45, 7) is 13.6. The number of hydrogen-bond acceptors (Lipinski definition) is 5. The largest absolute Gasteiger partial charge is 0.490 e. The summed E-state index contributed by atoms with van der Waals surface area (Å²) < 4.78 is 11.7. The number of nitrogens with one attached hydrogen (secondary N) is 1. The van der Waals surface area contributed by atoms with E-state index >= 15 is 0 Å². The van der Waals surface area contributed by atoms with Gasteiger partial charge < -0.3 is 14.8 Å². The lowest BCUT2D eigenvalue weighted by Crippen LogP contribution is -2.13. The topological polar surface area (TPSA) is 47.7 Å². The summed E-state index contributed by atoms with van der Waals surface area (Å²) in [6.07, 6.45) is 1.87. The van der Waals surface area contributed by atoms with Crippen LogP contribution >= 0.6 is 11.3 Å². The smallest absolute Gasteiger partial charge is 0.187 e. The highest BCUT2D eigenvalue weighted by Gasteiger charge is 2.19. The summed E-state index contributed by atoms with van der Waals surface area (Å²) in [6, 6.07) is 13.3. The number of hydrogen-bond donors (Lipinski definition) is 1. The highest BCUT2D eigenvalue weighted by molar-refractivity contribution is 7.09. The van der Waals surface area contributed by atoms with Gasteiger partial charge in [-0.25, -0.2) is 9.83 Å². The van der Waals surface area contributed by atoms with Gasteiger partial charge in [0.25, 0.3) is 0 Å². The molecule has 144 valence electrons. The Hall–Kier alpha value is -3.04. The van der Waals surface area contributed by atoms with Gasteiger partial charge in [-0.05, 0) is 50.6 Å². The molecule has 1 N–H and O–H groups in total. The van der Waals surface area contributed by atoms with Gasteiger partial charge in [0, 0.05) is 17.3 Å². The van der Waals surface area contributed by atoms with Crippen LogP contribution in [0.3, 0.4) is 0 Å². The van der Waals surface area contributed by atoms with Crippen molar-refractivity contribution in [2.24, 2.45) is 0 Å². The number of anilines is 1. The molecule has 1 heterocycles. The second kappa shape index (κ2) is 9.25. The molecule has 6 heteroatoms. The zero-order valence-electron chi connectivity index (χ0n) is 16.2. The molecule has 0 amide bonds. The summed E-state index contributed by atoms with van der Waals surface area (Å²) in [5.74, 6) is 1.46. The highest BCUT2D eigenvalue weighted by Crippen LogP contribution is 2.35. The van der Waals surface area contributed by atoms with E-state index in [0.717, 1.165) is 27.8 Å².